The van der Waals surface area contributed by atoms with Crippen molar-refractivity contribution >= 4 is 11.9 Å². The third kappa shape index (κ3) is 1.35. The van der Waals surface area contributed by atoms with Gasteiger partial charge in [0.2, 0.25) is 0 Å². The fourth-order valence-electron chi connectivity index (χ4n) is 2.71. The molecular weight excluding hydrogens is 196 g/mol. The highest BCUT2D eigenvalue weighted by molar-refractivity contribution is 5.98. The van der Waals surface area contributed by atoms with Gasteiger partial charge in [-0.05, 0) is 32.1 Å². The molecule has 1 fully saturated rings. The lowest BCUT2D eigenvalue weighted by Gasteiger charge is -2.25. The first-order chi connectivity index (χ1) is 7.10. The molecule has 2 rings (SSSR count). The van der Waals surface area contributed by atoms with E-state index in [4.69, 9.17) is 9.84 Å². The quantitative estimate of drug-likeness (QED) is 0.714. The molecule has 0 heterocycles. The van der Waals surface area contributed by atoms with Gasteiger partial charge in [0.15, 0.2) is 0 Å². The Morgan fingerprint density at radius 3 is 2.93 bits per heavy atom. The molecule has 0 saturated heterocycles. The first-order valence-corrected chi connectivity index (χ1v) is 5.23. The fraction of sp³-hybridized carbons (Fsp3) is 0.636. The van der Waals surface area contributed by atoms with Crippen molar-refractivity contribution in [3.05, 3.63) is 11.6 Å². The molecule has 2 bridgehead atoms. The van der Waals surface area contributed by atoms with E-state index in [9.17, 15) is 9.59 Å². The normalized spacial score (nSPS) is 32.6. The molecule has 0 aliphatic heterocycles. The van der Waals surface area contributed by atoms with Crippen LogP contribution in [0.25, 0.3) is 0 Å². The van der Waals surface area contributed by atoms with E-state index in [1.807, 2.05) is 0 Å². The summed E-state index contributed by atoms with van der Waals surface area (Å²) >= 11 is 0. The molecule has 0 spiro atoms. The van der Waals surface area contributed by atoms with Crippen molar-refractivity contribution in [1.82, 2.24) is 0 Å². The lowest BCUT2D eigenvalue weighted by atomic mass is 9.80. The van der Waals surface area contributed by atoms with Crippen molar-refractivity contribution < 1.29 is 19.4 Å². The Labute approximate surface area is 87.9 Å². The molecule has 0 radical (unpaired) electrons. The first kappa shape index (κ1) is 10.2. The van der Waals surface area contributed by atoms with Gasteiger partial charge >= 0.3 is 11.9 Å². The summed E-state index contributed by atoms with van der Waals surface area (Å²) in [6, 6.07) is 0. The highest BCUT2D eigenvalue weighted by Crippen LogP contribution is 2.54. The Hall–Kier alpha value is -1.32. The first-order valence-electron chi connectivity index (χ1n) is 5.23. The van der Waals surface area contributed by atoms with Gasteiger partial charge in [-0.15, -0.1) is 0 Å². The van der Waals surface area contributed by atoms with Gasteiger partial charge < -0.3 is 9.84 Å². The largest absolute Gasteiger partial charge is 0.478 e. The van der Waals surface area contributed by atoms with Crippen LogP contribution in [0, 0.1) is 11.3 Å². The van der Waals surface area contributed by atoms with Gasteiger partial charge in [0, 0.05) is 0 Å². The summed E-state index contributed by atoms with van der Waals surface area (Å²) in [5.74, 6) is -1.09. The van der Waals surface area contributed by atoms with E-state index in [1.165, 1.54) is 0 Å². The number of carbonyl (C=O) groups is 2. The van der Waals surface area contributed by atoms with Gasteiger partial charge in [-0.1, -0.05) is 6.08 Å². The van der Waals surface area contributed by atoms with E-state index >= 15 is 0 Å². The SMILES string of the molecule is CCOC(=O)C12CCC(C=C1C(=O)O)C2. The van der Waals surface area contributed by atoms with Crippen LogP contribution in [0.3, 0.4) is 0 Å². The maximum absolute atomic E-state index is 11.8. The molecule has 0 amide bonds. The maximum atomic E-state index is 11.8. The predicted molar refractivity (Wildman–Crippen MR) is 52.1 cm³/mol. The lowest BCUT2D eigenvalue weighted by molar-refractivity contribution is -0.155. The number of carboxylic acid groups (broad SMARTS) is 1. The van der Waals surface area contributed by atoms with E-state index in [2.05, 4.69) is 0 Å². The second kappa shape index (κ2) is 3.36. The van der Waals surface area contributed by atoms with Crippen molar-refractivity contribution in [2.45, 2.75) is 26.2 Å². The van der Waals surface area contributed by atoms with E-state index < -0.39 is 11.4 Å². The number of ether oxygens (including phenoxy) is 1. The number of hydrogen-bond donors (Lipinski definition) is 1. The number of fused-ring (bicyclic) bond motifs is 2. The van der Waals surface area contributed by atoms with Gasteiger partial charge in [-0.2, -0.15) is 0 Å². The minimum Gasteiger partial charge on any atom is -0.478 e. The molecule has 2 aliphatic rings. The number of aliphatic carboxylic acids is 1. The van der Waals surface area contributed by atoms with Gasteiger partial charge in [-0.3, -0.25) is 4.79 Å². The molecule has 1 saturated carbocycles. The Morgan fingerprint density at radius 1 is 1.67 bits per heavy atom. The van der Waals surface area contributed by atoms with E-state index in [-0.39, 0.29) is 17.5 Å². The number of carboxylic acids is 1. The average Bonchev–Trinajstić information content (AvgIpc) is 2.75. The zero-order chi connectivity index (χ0) is 11.1. The van der Waals surface area contributed by atoms with Crippen molar-refractivity contribution in [2.24, 2.45) is 11.3 Å². The van der Waals surface area contributed by atoms with E-state index in [1.54, 1.807) is 13.0 Å². The molecule has 82 valence electrons. The number of hydrogen-bond acceptors (Lipinski definition) is 3. The summed E-state index contributed by atoms with van der Waals surface area (Å²) in [6.07, 6.45) is 3.86. The summed E-state index contributed by atoms with van der Waals surface area (Å²) in [5, 5.41) is 9.04. The van der Waals surface area contributed by atoms with Crippen molar-refractivity contribution in [2.75, 3.05) is 6.61 Å². The van der Waals surface area contributed by atoms with Crippen LogP contribution in [0.5, 0.6) is 0 Å². The van der Waals surface area contributed by atoms with Crippen molar-refractivity contribution in [3.8, 4) is 0 Å². The number of allylic oxidation sites excluding steroid dienone is 1. The smallest absolute Gasteiger partial charge is 0.332 e. The third-order valence-electron chi connectivity index (χ3n) is 3.37. The van der Waals surface area contributed by atoms with Crippen LogP contribution in [-0.2, 0) is 14.3 Å². The van der Waals surface area contributed by atoms with Crippen LogP contribution in [0.15, 0.2) is 11.6 Å². The molecule has 4 heteroatoms. The summed E-state index contributed by atoms with van der Waals surface area (Å²) in [7, 11) is 0. The number of rotatable bonds is 3. The standard InChI is InChI=1S/C11H14O4/c1-2-15-10(14)11-4-3-7(6-11)5-8(11)9(12)13/h5,7H,2-4,6H2,1H3,(H,12,13). The van der Waals surface area contributed by atoms with Gasteiger partial charge in [0.25, 0.3) is 0 Å². The molecule has 2 unspecified atom stereocenters. The number of esters is 1. The maximum Gasteiger partial charge on any atom is 0.332 e. The third-order valence-corrected chi connectivity index (χ3v) is 3.37. The zero-order valence-electron chi connectivity index (χ0n) is 8.66. The molecule has 0 aromatic heterocycles. The van der Waals surface area contributed by atoms with Crippen LogP contribution in [-0.4, -0.2) is 23.7 Å². The van der Waals surface area contributed by atoms with Crippen molar-refractivity contribution in [3.63, 3.8) is 0 Å². The van der Waals surface area contributed by atoms with Crippen LogP contribution in [0.4, 0.5) is 0 Å². The summed E-state index contributed by atoms with van der Waals surface area (Å²) in [5.41, 5.74) is -0.593. The highest BCUT2D eigenvalue weighted by atomic mass is 16.5. The average molecular weight is 210 g/mol. The molecule has 2 atom stereocenters. The molecule has 15 heavy (non-hydrogen) atoms. The Kier molecular flexibility index (Phi) is 2.29. The highest BCUT2D eigenvalue weighted by Gasteiger charge is 2.55. The van der Waals surface area contributed by atoms with E-state index in [0.717, 1.165) is 6.42 Å². The monoisotopic (exact) mass is 210 g/mol. The van der Waals surface area contributed by atoms with Crippen LogP contribution < -0.4 is 0 Å². The van der Waals surface area contributed by atoms with E-state index in [0.29, 0.717) is 19.4 Å². The molecule has 0 aromatic carbocycles. The minimum atomic E-state index is -0.981. The second-order valence-electron chi connectivity index (χ2n) is 4.19. The molecule has 1 N–H and O–H groups in total. The van der Waals surface area contributed by atoms with Crippen LogP contribution >= 0.6 is 0 Å². The van der Waals surface area contributed by atoms with Gasteiger partial charge in [0.05, 0.1) is 12.2 Å². The van der Waals surface area contributed by atoms with Gasteiger partial charge in [0.1, 0.15) is 5.41 Å². The second-order valence-corrected chi connectivity index (χ2v) is 4.19. The molecule has 2 aliphatic carbocycles. The van der Waals surface area contributed by atoms with Crippen LogP contribution in [0.1, 0.15) is 26.2 Å². The Morgan fingerprint density at radius 2 is 2.40 bits per heavy atom. The summed E-state index contributed by atoms with van der Waals surface area (Å²) < 4.78 is 4.98. The summed E-state index contributed by atoms with van der Waals surface area (Å²) in [6.45, 7) is 2.04. The molecule has 0 aromatic rings. The van der Waals surface area contributed by atoms with Gasteiger partial charge in [-0.25, -0.2) is 4.79 Å². The zero-order valence-corrected chi connectivity index (χ0v) is 8.66. The van der Waals surface area contributed by atoms with Crippen LogP contribution in [0.2, 0.25) is 0 Å². The Balaban J connectivity index is 2.30. The summed E-state index contributed by atoms with van der Waals surface area (Å²) in [4.78, 5) is 22.8. The fourth-order valence-corrected chi connectivity index (χ4v) is 2.71. The van der Waals surface area contributed by atoms with Crippen molar-refractivity contribution in [1.29, 1.82) is 0 Å². The number of carbonyl (C=O) groups excluding carboxylic acids is 1. The lowest BCUT2D eigenvalue weighted by Crippen LogP contribution is -2.34. The minimum absolute atomic E-state index is 0.247. The molecular formula is C11H14O4. The molecule has 4 nitrogen and oxygen atoms in total. The predicted octanol–water partition coefficient (Wildman–Crippen LogP) is 1.36. The topological polar surface area (TPSA) is 63.6 Å². The Bertz CT molecular complexity index is 344.